The van der Waals surface area contributed by atoms with Gasteiger partial charge >= 0.3 is 0 Å². The summed E-state index contributed by atoms with van der Waals surface area (Å²) in [5.74, 6) is 0.348. The number of hydrogen-bond donors (Lipinski definition) is 0. The Morgan fingerprint density at radius 2 is 1.62 bits per heavy atom. The fourth-order valence-corrected chi connectivity index (χ4v) is 2.98. The summed E-state index contributed by atoms with van der Waals surface area (Å²) >= 11 is 0. The van der Waals surface area contributed by atoms with Crippen LogP contribution in [0.25, 0.3) is 22.1 Å². The summed E-state index contributed by atoms with van der Waals surface area (Å²) in [4.78, 5) is 13.1. The molecule has 4 aromatic rings. The van der Waals surface area contributed by atoms with Crippen LogP contribution in [0.15, 0.2) is 77.2 Å². The maximum atomic E-state index is 13.3. The van der Waals surface area contributed by atoms with Crippen molar-refractivity contribution < 1.29 is 18.3 Å². The highest BCUT2D eigenvalue weighted by Gasteiger charge is 2.23. The first kappa shape index (κ1) is 16.1. The van der Waals surface area contributed by atoms with E-state index in [0.717, 1.165) is 10.9 Å². The Balaban J connectivity index is 1.89. The summed E-state index contributed by atoms with van der Waals surface area (Å²) in [6.07, 6.45) is 0. The van der Waals surface area contributed by atoms with Gasteiger partial charge in [0.25, 0.3) is 0 Å². The van der Waals surface area contributed by atoms with Gasteiger partial charge in [0.2, 0.25) is 5.78 Å². The van der Waals surface area contributed by atoms with Gasteiger partial charge in [0.15, 0.2) is 5.76 Å². The molecule has 3 nitrogen and oxygen atoms in total. The molecule has 0 unspecified atom stereocenters. The predicted molar refractivity (Wildman–Crippen MR) is 98.0 cm³/mol. The summed E-state index contributed by atoms with van der Waals surface area (Å²) in [7, 11) is 1.57. The lowest BCUT2D eigenvalue weighted by Crippen LogP contribution is -2.01. The average molecular weight is 346 g/mol. The number of fused-ring (bicyclic) bond motifs is 1. The van der Waals surface area contributed by atoms with Crippen molar-refractivity contribution in [1.82, 2.24) is 0 Å². The van der Waals surface area contributed by atoms with E-state index in [0.29, 0.717) is 22.5 Å². The number of furan rings is 1. The highest BCUT2D eigenvalue weighted by Crippen LogP contribution is 2.36. The van der Waals surface area contributed by atoms with Crippen LogP contribution < -0.4 is 4.74 Å². The van der Waals surface area contributed by atoms with Crippen molar-refractivity contribution in [3.05, 3.63) is 89.9 Å². The number of halogens is 1. The van der Waals surface area contributed by atoms with E-state index in [2.05, 4.69) is 0 Å². The van der Waals surface area contributed by atoms with E-state index in [4.69, 9.17) is 9.15 Å². The Kier molecular flexibility index (Phi) is 4.01. The number of benzene rings is 3. The lowest BCUT2D eigenvalue weighted by Gasteiger charge is -2.05. The molecule has 0 spiro atoms. The molecule has 0 aliphatic rings. The Bertz CT molecular complexity index is 1080. The number of ether oxygens (including phenoxy) is 1. The first-order valence-electron chi connectivity index (χ1n) is 8.13. The molecule has 0 N–H and O–H groups in total. The van der Waals surface area contributed by atoms with E-state index in [-0.39, 0.29) is 17.4 Å². The van der Waals surface area contributed by atoms with E-state index in [1.165, 1.54) is 12.1 Å². The van der Waals surface area contributed by atoms with Gasteiger partial charge in [0, 0.05) is 16.5 Å². The molecule has 4 heteroatoms. The van der Waals surface area contributed by atoms with Crippen molar-refractivity contribution in [3.63, 3.8) is 0 Å². The summed E-state index contributed by atoms with van der Waals surface area (Å²) in [6, 6.07) is 20.3. The van der Waals surface area contributed by atoms with E-state index in [9.17, 15) is 9.18 Å². The number of carbonyl (C=O) groups excluding carboxylic acids is 1. The molecular formula is C22H15FO3. The molecule has 0 saturated heterocycles. The second-order valence-corrected chi connectivity index (χ2v) is 5.87. The van der Waals surface area contributed by atoms with Crippen LogP contribution in [0.3, 0.4) is 0 Å². The molecule has 0 radical (unpaired) electrons. The second kappa shape index (κ2) is 6.48. The van der Waals surface area contributed by atoms with Crippen molar-refractivity contribution in [2.75, 3.05) is 7.11 Å². The van der Waals surface area contributed by atoms with Gasteiger partial charge in [-0.15, -0.1) is 0 Å². The minimum absolute atomic E-state index is 0.233. The highest BCUT2D eigenvalue weighted by molar-refractivity contribution is 6.15. The van der Waals surface area contributed by atoms with Gasteiger partial charge in [-0.3, -0.25) is 4.79 Å². The molecule has 0 fully saturated rings. The van der Waals surface area contributed by atoms with E-state index in [1.54, 1.807) is 43.5 Å². The molecule has 4 rings (SSSR count). The Hall–Kier alpha value is -3.40. The number of para-hydroxylation sites is 1. The maximum absolute atomic E-state index is 13.3. The minimum Gasteiger partial charge on any atom is -0.497 e. The molecule has 0 bridgehead atoms. The maximum Gasteiger partial charge on any atom is 0.228 e. The van der Waals surface area contributed by atoms with Crippen LogP contribution in [0, 0.1) is 5.82 Å². The number of ketones is 1. The van der Waals surface area contributed by atoms with Gasteiger partial charge in [0.05, 0.1) is 7.11 Å². The smallest absolute Gasteiger partial charge is 0.228 e. The third-order valence-corrected chi connectivity index (χ3v) is 4.29. The summed E-state index contributed by atoms with van der Waals surface area (Å²) in [6.45, 7) is 0. The van der Waals surface area contributed by atoms with Crippen molar-refractivity contribution in [2.24, 2.45) is 0 Å². The summed E-state index contributed by atoms with van der Waals surface area (Å²) in [5, 5.41) is 0.816. The molecule has 3 aromatic carbocycles. The fourth-order valence-electron chi connectivity index (χ4n) is 2.98. The van der Waals surface area contributed by atoms with Crippen LogP contribution in [0.2, 0.25) is 0 Å². The van der Waals surface area contributed by atoms with E-state index >= 15 is 0 Å². The molecule has 128 valence electrons. The Morgan fingerprint density at radius 1 is 0.923 bits per heavy atom. The topological polar surface area (TPSA) is 39.4 Å². The lowest BCUT2D eigenvalue weighted by atomic mass is 9.98. The van der Waals surface area contributed by atoms with E-state index in [1.807, 2.05) is 24.3 Å². The molecule has 1 heterocycles. The zero-order valence-electron chi connectivity index (χ0n) is 14.0. The first-order chi connectivity index (χ1) is 12.7. The molecular weight excluding hydrogens is 331 g/mol. The van der Waals surface area contributed by atoms with Crippen LogP contribution >= 0.6 is 0 Å². The highest BCUT2D eigenvalue weighted by atomic mass is 19.1. The monoisotopic (exact) mass is 346 g/mol. The van der Waals surface area contributed by atoms with Crippen molar-refractivity contribution >= 4 is 16.8 Å². The standard InChI is InChI=1S/C22H15FO3/c1-25-17-12-8-15(9-13-17)21(24)22-20(14-6-10-16(23)11-7-14)18-4-2-3-5-19(18)26-22/h2-13H,1H3. The van der Waals surface area contributed by atoms with Gasteiger partial charge in [0.1, 0.15) is 17.1 Å². The van der Waals surface area contributed by atoms with Crippen molar-refractivity contribution in [3.8, 4) is 16.9 Å². The summed E-state index contributed by atoms with van der Waals surface area (Å²) in [5.41, 5.74) is 2.51. The zero-order chi connectivity index (χ0) is 18.1. The van der Waals surface area contributed by atoms with Gasteiger partial charge in [-0.1, -0.05) is 30.3 Å². The third kappa shape index (κ3) is 2.75. The van der Waals surface area contributed by atoms with Gasteiger partial charge < -0.3 is 9.15 Å². The van der Waals surface area contributed by atoms with Crippen molar-refractivity contribution in [1.29, 1.82) is 0 Å². The largest absolute Gasteiger partial charge is 0.497 e. The Labute approximate surface area is 149 Å². The van der Waals surface area contributed by atoms with Crippen LogP contribution in [0.4, 0.5) is 4.39 Å². The molecule has 0 aliphatic heterocycles. The Morgan fingerprint density at radius 3 is 2.31 bits per heavy atom. The molecule has 0 atom stereocenters. The van der Waals surface area contributed by atoms with Gasteiger partial charge in [-0.05, 0) is 48.0 Å². The van der Waals surface area contributed by atoms with Crippen LogP contribution in [0.5, 0.6) is 5.75 Å². The summed E-state index contributed by atoms with van der Waals surface area (Å²) < 4.78 is 24.4. The lowest BCUT2D eigenvalue weighted by molar-refractivity contribution is 0.101. The van der Waals surface area contributed by atoms with Gasteiger partial charge in [-0.25, -0.2) is 4.39 Å². The van der Waals surface area contributed by atoms with Crippen LogP contribution in [-0.2, 0) is 0 Å². The number of carbonyl (C=O) groups is 1. The number of hydrogen-bond acceptors (Lipinski definition) is 3. The number of rotatable bonds is 4. The minimum atomic E-state index is -0.329. The van der Waals surface area contributed by atoms with E-state index < -0.39 is 0 Å². The van der Waals surface area contributed by atoms with Crippen LogP contribution in [0.1, 0.15) is 16.1 Å². The average Bonchev–Trinajstić information content (AvgIpc) is 3.07. The molecule has 0 aliphatic carbocycles. The molecule has 1 aromatic heterocycles. The van der Waals surface area contributed by atoms with Crippen molar-refractivity contribution in [2.45, 2.75) is 0 Å². The third-order valence-electron chi connectivity index (χ3n) is 4.29. The SMILES string of the molecule is COc1ccc(C(=O)c2oc3ccccc3c2-c2ccc(F)cc2)cc1. The predicted octanol–water partition coefficient (Wildman–Crippen LogP) is 5.48. The normalized spacial score (nSPS) is 10.8. The molecule has 0 saturated carbocycles. The molecule has 0 amide bonds. The molecule has 26 heavy (non-hydrogen) atoms. The number of methoxy groups -OCH3 is 1. The van der Waals surface area contributed by atoms with Crippen LogP contribution in [-0.4, -0.2) is 12.9 Å². The quantitative estimate of drug-likeness (QED) is 0.459. The zero-order valence-corrected chi connectivity index (χ0v) is 14.0. The fraction of sp³-hybridized carbons (Fsp3) is 0.0455. The first-order valence-corrected chi connectivity index (χ1v) is 8.13. The second-order valence-electron chi connectivity index (χ2n) is 5.87. The van der Waals surface area contributed by atoms with Gasteiger partial charge in [-0.2, -0.15) is 0 Å².